The van der Waals surface area contributed by atoms with Crippen LogP contribution in [0.25, 0.3) is 0 Å². The Bertz CT molecular complexity index is 602. The zero-order valence-corrected chi connectivity index (χ0v) is 11.7. The summed E-state index contributed by atoms with van der Waals surface area (Å²) in [5.74, 6) is 6.36. The lowest BCUT2D eigenvalue weighted by atomic mass is 10.1. The molecule has 0 radical (unpaired) electrons. The summed E-state index contributed by atoms with van der Waals surface area (Å²) in [4.78, 5) is 4.24. The number of benzene rings is 1. The normalized spacial score (nSPS) is 9.79. The van der Waals surface area contributed by atoms with E-state index in [2.05, 4.69) is 16.8 Å². The Kier molecular flexibility index (Phi) is 5.29. The maximum Gasteiger partial charge on any atom is 0.104 e. The monoisotopic (exact) mass is 289 g/mol. The Morgan fingerprint density at radius 1 is 1.26 bits per heavy atom. The van der Waals surface area contributed by atoms with Crippen molar-refractivity contribution in [2.75, 3.05) is 6.61 Å². The summed E-state index contributed by atoms with van der Waals surface area (Å²) in [7, 11) is 0. The molecule has 2 aromatic rings. The molecular formula is C15H12ClNOS. The molecule has 1 heterocycles. The molecule has 0 aliphatic rings. The van der Waals surface area contributed by atoms with Crippen LogP contribution in [0.2, 0.25) is 5.02 Å². The molecule has 2 nitrogen and oxygen atoms in total. The van der Waals surface area contributed by atoms with Crippen molar-refractivity contribution in [1.82, 2.24) is 4.98 Å². The molecular weight excluding hydrogens is 278 g/mol. The second-order valence-electron chi connectivity index (χ2n) is 3.76. The van der Waals surface area contributed by atoms with E-state index in [1.54, 1.807) is 18.0 Å². The van der Waals surface area contributed by atoms with Crippen LogP contribution in [-0.4, -0.2) is 16.7 Å². The van der Waals surface area contributed by atoms with Gasteiger partial charge in [0, 0.05) is 17.5 Å². The Labute approximate surface area is 121 Å². The molecule has 0 spiro atoms. The highest BCUT2D eigenvalue weighted by Crippen LogP contribution is 2.22. The first-order valence-electron chi connectivity index (χ1n) is 5.71. The molecule has 0 unspecified atom stereocenters. The molecule has 0 atom stereocenters. The second-order valence-corrected chi connectivity index (χ2v) is 5.20. The Morgan fingerprint density at radius 2 is 2.16 bits per heavy atom. The first-order chi connectivity index (χ1) is 9.28. The van der Waals surface area contributed by atoms with Crippen LogP contribution in [0.15, 0.2) is 47.6 Å². The summed E-state index contributed by atoms with van der Waals surface area (Å²) in [5.41, 5.74) is 2.09. The largest absolute Gasteiger partial charge is 0.384 e. The van der Waals surface area contributed by atoms with Gasteiger partial charge < -0.3 is 5.11 Å². The SMILES string of the molecule is OCC#Cc1cccc(CSc2ccc(Cl)cn2)c1. The lowest BCUT2D eigenvalue weighted by Gasteiger charge is -2.02. The molecule has 0 aliphatic heterocycles. The first-order valence-corrected chi connectivity index (χ1v) is 7.07. The van der Waals surface area contributed by atoms with E-state index < -0.39 is 0 Å². The highest BCUT2D eigenvalue weighted by Gasteiger charge is 1.98. The Hall–Kier alpha value is -1.47. The van der Waals surface area contributed by atoms with Gasteiger partial charge in [-0.15, -0.1) is 11.8 Å². The highest BCUT2D eigenvalue weighted by atomic mass is 35.5. The van der Waals surface area contributed by atoms with Crippen LogP contribution in [0.5, 0.6) is 0 Å². The van der Waals surface area contributed by atoms with Crippen LogP contribution < -0.4 is 0 Å². The van der Waals surface area contributed by atoms with Gasteiger partial charge in [-0.05, 0) is 29.8 Å². The maximum absolute atomic E-state index is 8.67. The zero-order chi connectivity index (χ0) is 13.5. The van der Waals surface area contributed by atoms with Crippen LogP contribution >= 0.6 is 23.4 Å². The quantitative estimate of drug-likeness (QED) is 0.695. The maximum atomic E-state index is 8.67. The predicted octanol–water partition coefficient (Wildman–Crippen LogP) is 3.37. The minimum Gasteiger partial charge on any atom is -0.384 e. The number of nitrogens with zero attached hydrogens (tertiary/aromatic N) is 1. The summed E-state index contributed by atoms with van der Waals surface area (Å²) in [6.45, 7) is -0.117. The number of thioether (sulfide) groups is 1. The highest BCUT2D eigenvalue weighted by molar-refractivity contribution is 7.98. The Morgan fingerprint density at radius 3 is 2.89 bits per heavy atom. The van der Waals surface area contributed by atoms with Crippen molar-refractivity contribution < 1.29 is 5.11 Å². The van der Waals surface area contributed by atoms with Crippen molar-refractivity contribution >= 4 is 23.4 Å². The summed E-state index contributed by atoms with van der Waals surface area (Å²) >= 11 is 7.44. The number of pyridine rings is 1. The van der Waals surface area contributed by atoms with Crippen molar-refractivity contribution in [1.29, 1.82) is 0 Å². The molecule has 96 valence electrons. The van der Waals surface area contributed by atoms with Gasteiger partial charge in [-0.2, -0.15) is 0 Å². The van der Waals surface area contributed by atoms with E-state index in [4.69, 9.17) is 16.7 Å². The molecule has 0 aliphatic carbocycles. The average Bonchev–Trinajstić information content (AvgIpc) is 2.45. The zero-order valence-electron chi connectivity index (χ0n) is 10.1. The third kappa shape index (κ3) is 4.60. The Balaban J connectivity index is 2.01. The van der Waals surface area contributed by atoms with Crippen LogP contribution in [0.1, 0.15) is 11.1 Å². The summed E-state index contributed by atoms with van der Waals surface area (Å²) in [6, 6.07) is 11.7. The van der Waals surface area contributed by atoms with Crippen molar-refractivity contribution in [3.8, 4) is 11.8 Å². The van der Waals surface area contributed by atoms with Gasteiger partial charge in [0.25, 0.3) is 0 Å². The molecule has 0 amide bonds. The van der Waals surface area contributed by atoms with Crippen LogP contribution in [0, 0.1) is 11.8 Å². The standard InChI is InChI=1S/C15H12ClNOS/c16-14-6-7-15(17-10-14)19-11-13-4-1-3-12(9-13)5-2-8-18/h1,3-4,6-7,9-10,18H,8,11H2. The molecule has 1 aromatic carbocycles. The van der Waals surface area contributed by atoms with Crippen molar-refractivity contribution in [2.24, 2.45) is 0 Å². The topological polar surface area (TPSA) is 33.1 Å². The summed E-state index contributed by atoms with van der Waals surface area (Å²) in [6.07, 6.45) is 1.65. The van der Waals surface area contributed by atoms with Gasteiger partial charge in [0.1, 0.15) is 6.61 Å². The number of rotatable bonds is 3. The summed E-state index contributed by atoms with van der Waals surface area (Å²) < 4.78 is 0. The fourth-order valence-corrected chi connectivity index (χ4v) is 2.38. The fraction of sp³-hybridized carbons (Fsp3) is 0.133. The van der Waals surface area contributed by atoms with Gasteiger partial charge in [-0.1, -0.05) is 35.6 Å². The summed E-state index contributed by atoms with van der Waals surface area (Å²) in [5, 5.41) is 10.3. The number of hydrogen-bond acceptors (Lipinski definition) is 3. The molecule has 2 rings (SSSR count). The van der Waals surface area contributed by atoms with Crippen LogP contribution in [-0.2, 0) is 5.75 Å². The van der Waals surface area contributed by atoms with Crippen molar-refractivity contribution in [2.45, 2.75) is 10.8 Å². The van der Waals surface area contributed by atoms with E-state index in [9.17, 15) is 0 Å². The molecule has 1 aromatic heterocycles. The lowest BCUT2D eigenvalue weighted by molar-refractivity contribution is 0.350. The molecule has 19 heavy (non-hydrogen) atoms. The van der Waals surface area contributed by atoms with E-state index in [-0.39, 0.29) is 6.61 Å². The minimum absolute atomic E-state index is 0.117. The number of aromatic nitrogens is 1. The second kappa shape index (κ2) is 7.20. The van der Waals surface area contributed by atoms with Gasteiger partial charge >= 0.3 is 0 Å². The lowest BCUT2D eigenvalue weighted by Crippen LogP contribution is -1.85. The van der Waals surface area contributed by atoms with E-state index in [0.717, 1.165) is 16.3 Å². The van der Waals surface area contributed by atoms with E-state index in [1.807, 2.05) is 36.4 Å². The fourth-order valence-electron chi connectivity index (χ4n) is 1.49. The smallest absolute Gasteiger partial charge is 0.104 e. The molecule has 0 bridgehead atoms. The van der Waals surface area contributed by atoms with E-state index in [1.165, 1.54) is 5.56 Å². The molecule has 0 fully saturated rings. The van der Waals surface area contributed by atoms with Gasteiger partial charge in [0.2, 0.25) is 0 Å². The number of halogens is 1. The number of aliphatic hydroxyl groups is 1. The first kappa shape index (κ1) is 14.0. The van der Waals surface area contributed by atoms with E-state index >= 15 is 0 Å². The minimum atomic E-state index is -0.117. The van der Waals surface area contributed by atoms with Crippen molar-refractivity contribution in [3.63, 3.8) is 0 Å². The van der Waals surface area contributed by atoms with Gasteiger partial charge in [-0.25, -0.2) is 4.98 Å². The predicted molar refractivity (Wildman–Crippen MR) is 79.2 cm³/mol. The number of hydrogen-bond donors (Lipinski definition) is 1. The van der Waals surface area contributed by atoms with Crippen LogP contribution in [0.4, 0.5) is 0 Å². The number of aliphatic hydroxyl groups excluding tert-OH is 1. The molecule has 1 N–H and O–H groups in total. The van der Waals surface area contributed by atoms with E-state index in [0.29, 0.717) is 5.02 Å². The molecule has 4 heteroatoms. The third-order valence-electron chi connectivity index (χ3n) is 2.33. The van der Waals surface area contributed by atoms with Crippen molar-refractivity contribution in [3.05, 3.63) is 58.7 Å². The van der Waals surface area contributed by atoms with Gasteiger partial charge in [0.05, 0.1) is 10.0 Å². The van der Waals surface area contributed by atoms with Gasteiger partial charge in [-0.3, -0.25) is 0 Å². The average molecular weight is 290 g/mol. The third-order valence-corrected chi connectivity index (χ3v) is 3.56. The molecule has 0 saturated carbocycles. The molecule has 0 saturated heterocycles. The van der Waals surface area contributed by atoms with Gasteiger partial charge in [0.15, 0.2) is 0 Å². The van der Waals surface area contributed by atoms with Crippen LogP contribution in [0.3, 0.4) is 0 Å².